The van der Waals surface area contributed by atoms with Crippen LogP contribution in [0.3, 0.4) is 0 Å². The largest absolute Gasteiger partial charge is 0.289 e. The van der Waals surface area contributed by atoms with Gasteiger partial charge in [-0.15, -0.1) is 22.7 Å². The highest BCUT2D eigenvalue weighted by Gasteiger charge is 2.58. The third-order valence-corrected chi connectivity index (χ3v) is 18.6. The Morgan fingerprint density at radius 2 is 0.891 bits per heavy atom. The number of fused-ring (bicyclic) bond motifs is 13. The molecule has 0 N–H and O–H groups in total. The second-order valence-electron chi connectivity index (χ2n) is 19.0. The molecule has 12 rings (SSSR count). The van der Waals surface area contributed by atoms with E-state index in [0.29, 0.717) is 44.5 Å². The van der Waals surface area contributed by atoms with Crippen molar-refractivity contribution in [1.82, 2.24) is 0 Å². The molecular formula is C56H42N4O2S2. The summed E-state index contributed by atoms with van der Waals surface area (Å²) < 4.78 is 0. The molecule has 0 bridgehead atoms. The summed E-state index contributed by atoms with van der Waals surface area (Å²) in [5.74, 6) is -0.230. The molecule has 0 unspecified atom stereocenters. The van der Waals surface area contributed by atoms with Crippen molar-refractivity contribution in [2.24, 2.45) is 0 Å². The molecule has 3 saturated carbocycles. The topological polar surface area (TPSA) is 90.4 Å². The van der Waals surface area contributed by atoms with Crippen LogP contribution in [0.5, 0.6) is 0 Å². The number of allylic oxidation sites excluding steroid dienone is 10. The second-order valence-corrected chi connectivity index (χ2v) is 21.1. The molecule has 8 heteroatoms. The first-order valence-corrected chi connectivity index (χ1v) is 24.5. The summed E-state index contributed by atoms with van der Waals surface area (Å²) in [6.07, 6.45) is 25.4. The van der Waals surface area contributed by atoms with Crippen LogP contribution in [0.15, 0.2) is 94.4 Å². The fourth-order valence-electron chi connectivity index (χ4n) is 13.6. The Labute approximate surface area is 381 Å². The van der Waals surface area contributed by atoms with Crippen LogP contribution in [0, 0.1) is 35.8 Å². The molecule has 0 saturated heterocycles. The van der Waals surface area contributed by atoms with E-state index in [1.54, 1.807) is 11.1 Å². The van der Waals surface area contributed by atoms with E-state index in [0.717, 1.165) is 88.2 Å². The van der Waals surface area contributed by atoms with Gasteiger partial charge in [-0.25, -0.2) is 20.2 Å². The molecule has 6 nitrogen and oxygen atoms in total. The minimum absolute atomic E-state index is 0.0396. The van der Waals surface area contributed by atoms with Crippen molar-refractivity contribution in [2.45, 2.75) is 113 Å². The highest BCUT2D eigenvalue weighted by Crippen LogP contribution is 2.71. The van der Waals surface area contributed by atoms with Crippen molar-refractivity contribution < 1.29 is 9.59 Å². The first-order valence-electron chi connectivity index (χ1n) is 22.9. The number of carbonyl (C=O) groups excluding carboxylic acids is 2. The number of ketones is 2. The SMILES string of the molecule is [C-]#[N+]/C(C#N)=C1\C(=C/C2=Cc3sc4c(c3C23CCCCC3)C2(CCCCC2)c2c-4sc3c2C2(CCCCC2)C(/C=C2\C(=O)c4ccccc4\C2=C(\C#N)[N+]#[C-])=C3)C(=O)c2ccccc21. The average Bonchev–Trinajstić information content (AvgIpc) is 4.18. The maximum absolute atomic E-state index is 14.3. The summed E-state index contributed by atoms with van der Waals surface area (Å²) >= 11 is 3.88. The Morgan fingerprint density at radius 1 is 0.531 bits per heavy atom. The monoisotopic (exact) mass is 866 g/mol. The average molecular weight is 867 g/mol. The quantitative estimate of drug-likeness (QED) is 0.114. The lowest BCUT2D eigenvalue weighted by Crippen LogP contribution is -2.37. The summed E-state index contributed by atoms with van der Waals surface area (Å²) in [5, 5.41) is 20.3. The number of rotatable bonds is 2. The van der Waals surface area contributed by atoms with E-state index in [4.69, 9.17) is 13.1 Å². The summed E-state index contributed by atoms with van der Waals surface area (Å²) in [5.41, 5.74) is 11.9. The van der Waals surface area contributed by atoms with Crippen molar-refractivity contribution in [3.63, 3.8) is 0 Å². The minimum atomic E-state index is -0.268. The van der Waals surface area contributed by atoms with Crippen LogP contribution in [0.4, 0.5) is 0 Å². The van der Waals surface area contributed by atoms with Crippen molar-refractivity contribution in [1.29, 1.82) is 10.5 Å². The van der Waals surface area contributed by atoms with Gasteiger partial charge in [-0.2, -0.15) is 0 Å². The lowest BCUT2D eigenvalue weighted by Gasteiger charge is -2.44. The number of nitriles is 2. The van der Waals surface area contributed by atoms with Crippen LogP contribution in [0.2, 0.25) is 0 Å². The van der Waals surface area contributed by atoms with Crippen LogP contribution in [0.1, 0.15) is 160 Å². The zero-order valence-electron chi connectivity index (χ0n) is 35.5. The molecule has 3 spiro atoms. The number of nitrogens with zero attached hydrogens (tertiary/aromatic N) is 4. The first-order chi connectivity index (χ1) is 31.3. The van der Waals surface area contributed by atoms with Crippen molar-refractivity contribution in [3.8, 4) is 21.9 Å². The Balaban J connectivity index is 1.05. The lowest BCUT2D eigenvalue weighted by molar-refractivity contribution is 0.103. The highest BCUT2D eigenvalue weighted by molar-refractivity contribution is 7.23. The van der Waals surface area contributed by atoms with Gasteiger partial charge in [0.25, 0.3) is 11.4 Å². The molecule has 64 heavy (non-hydrogen) atoms. The number of Topliss-reactive ketones (excluding diaryl/α,β-unsaturated/α-hetero) is 2. The van der Waals surface area contributed by atoms with Gasteiger partial charge in [-0.05, 0) is 107 Å². The zero-order chi connectivity index (χ0) is 43.5. The van der Waals surface area contributed by atoms with Gasteiger partial charge < -0.3 is 0 Å². The van der Waals surface area contributed by atoms with Gasteiger partial charge in [-0.1, -0.05) is 106 Å². The molecule has 2 aromatic carbocycles. The maximum Gasteiger partial charge on any atom is 0.270 e. The Bertz CT molecular complexity index is 2990. The van der Waals surface area contributed by atoms with E-state index in [1.165, 1.54) is 49.9 Å². The Hall–Kier alpha value is -6.42. The molecule has 0 atom stereocenters. The summed E-state index contributed by atoms with van der Waals surface area (Å²) in [4.78, 5) is 41.4. The fraction of sp³-hybridized carbons (Fsp3) is 0.321. The van der Waals surface area contributed by atoms with Gasteiger partial charge in [0.05, 0.1) is 25.3 Å². The van der Waals surface area contributed by atoms with Gasteiger partial charge in [0.1, 0.15) is 0 Å². The molecule has 0 aliphatic heterocycles. The third-order valence-electron chi connectivity index (χ3n) is 16.2. The smallest absolute Gasteiger partial charge is 0.270 e. The minimum Gasteiger partial charge on any atom is -0.289 e. The summed E-state index contributed by atoms with van der Waals surface area (Å²) in [6, 6.07) is 19.1. The van der Waals surface area contributed by atoms with Gasteiger partial charge in [0.2, 0.25) is 0 Å². The number of carbonyl (C=O) groups is 2. The van der Waals surface area contributed by atoms with Crippen LogP contribution in [-0.4, -0.2) is 11.6 Å². The Morgan fingerprint density at radius 3 is 1.25 bits per heavy atom. The fourth-order valence-corrected chi connectivity index (χ4v) is 16.7. The van der Waals surface area contributed by atoms with E-state index in [-0.39, 0.29) is 39.2 Å². The zero-order valence-corrected chi connectivity index (χ0v) is 37.1. The van der Waals surface area contributed by atoms with Gasteiger partial charge >= 0.3 is 0 Å². The van der Waals surface area contributed by atoms with Crippen molar-refractivity contribution >= 4 is 57.5 Å². The van der Waals surface area contributed by atoms with E-state index >= 15 is 0 Å². The molecule has 3 fully saturated rings. The standard InChI is InChI=1S/C56H42N4O2S2/c1-59-40(30-57)44-34-16-6-8-18-36(34)50(61)38(44)26-32-28-42-46(54(32)20-10-3-11-21-54)48-52(63-42)53-49(56(48)24-14-5-15-25-56)47-43(64-53)29-33(55(47)22-12-4-13-23-55)27-39-45(41(31-58)60-2)35-17-7-9-19-37(35)51(39)62/h6-9,16-19,26-29H,3-5,10-15,20-25H2/b38-26-,39-27+,44-40+,45-41-. The van der Waals surface area contributed by atoms with Crippen LogP contribution >= 0.6 is 22.7 Å². The number of benzene rings is 2. The molecule has 4 aromatic rings. The number of hydrogen-bond acceptors (Lipinski definition) is 6. The first kappa shape index (κ1) is 39.2. The van der Waals surface area contributed by atoms with Gasteiger partial charge in [-0.3, -0.25) is 9.59 Å². The molecule has 2 heterocycles. The van der Waals surface area contributed by atoms with Crippen LogP contribution in [-0.2, 0) is 16.2 Å². The maximum atomic E-state index is 14.3. The van der Waals surface area contributed by atoms with E-state index < -0.39 is 0 Å². The normalized spacial score (nSPS) is 24.0. The van der Waals surface area contributed by atoms with Crippen molar-refractivity contribution in [2.75, 3.05) is 0 Å². The lowest BCUT2D eigenvalue weighted by atomic mass is 9.58. The summed E-state index contributed by atoms with van der Waals surface area (Å²) in [7, 11) is 0. The predicted octanol–water partition coefficient (Wildman–Crippen LogP) is 14.2. The molecule has 0 radical (unpaired) electrons. The predicted molar refractivity (Wildman–Crippen MR) is 253 cm³/mol. The molecule has 310 valence electrons. The molecule has 0 amide bonds. The Kier molecular flexibility index (Phi) is 8.75. The molecule has 8 aliphatic carbocycles. The van der Waals surface area contributed by atoms with Gasteiger partial charge in [0.15, 0.2) is 11.6 Å². The van der Waals surface area contributed by atoms with E-state index in [9.17, 15) is 20.1 Å². The molecule has 8 aliphatic rings. The number of thiophene rings is 2. The number of hydrogen-bond donors (Lipinski definition) is 0. The second kappa shape index (κ2) is 14.3. The van der Waals surface area contributed by atoms with Crippen LogP contribution in [0.25, 0.3) is 42.7 Å². The highest BCUT2D eigenvalue weighted by atomic mass is 32.1. The molecule has 2 aromatic heterocycles. The van der Waals surface area contributed by atoms with E-state index in [2.05, 4.69) is 46.1 Å². The van der Waals surface area contributed by atoms with Crippen molar-refractivity contribution in [3.05, 3.63) is 171 Å². The van der Waals surface area contributed by atoms with E-state index in [1.807, 2.05) is 71.2 Å². The summed E-state index contributed by atoms with van der Waals surface area (Å²) in [6.45, 7) is 15.9. The molecular weight excluding hydrogens is 825 g/mol. The third kappa shape index (κ3) is 5.02. The van der Waals surface area contributed by atoms with Crippen LogP contribution < -0.4 is 0 Å². The van der Waals surface area contributed by atoms with Gasteiger partial charge in [0, 0.05) is 69.2 Å².